The average molecular weight is 458 g/mol. The van der Waals surface area contributed by atoms with Crippen LogP contribution in [0.25, 0.3) is 16.9 Å². The third-order valence-electron chi connectivity index (χ3n) is 4.60. The van der Waals surface area contributed by atoms with Gasteiger partial charge in [-0.05, 0) is 54.1 Å². The molecular weight excluding hydrogens is 443 g/mol. The molecule has 32 heavy (non-hydrogen) atoms. The van der Waals surface area contributed by atoms with Crippen molar-refractivity contribution >= 4 is 17.5 Å². The Morgan fingerprint density at radius 2 is 1.84 bits per heavy atom. The third kappa shape index (κ3) is 4.62. The van der Waals surface area contributed by atoms with Gasteiger partial charge < -0.3 is 5.32 Å². The maximum atomic E-state index is 12.9. The van der Waals surface area contributed by atoms with Crippen molar-refractivity contribution in [3.05, 3.63) is 94.9 Å². The molecule has 0 radical (unpaired) electrons. The fraction of sp³-hybridized carbons (Fsp3) is 0.0909. The Labute approximate surface area is 185 Å². The Morgan fingerprint density at radius 3 is 2.53 bits per heavy atom. The van der Waals surface area contributed by atoms with E-state index >= 15 is 0 Å². The molecule has 4 rings (SSSR count). The fourth-order valence-corrected chi connectivity index (χ4v) is 3.21. The highest BCUT2D eigenvalue weighted by molar-refractivity contribution is 6.30. The summed E-state index contributed by atoms with van der Waals surface area (Å²) in [6.45, 7) is -0.108. The summed E-state index contributed by atoms with van der Waals surface area (Å²) in [5, 5.41) is 11.3. The minimum atomic E-state index is -4.46. The number of nitrogens with zero attached hydrogens (tertiary/aromatic N) is 4. The largest absolute Gasteiger partial charge is 0.416 e. The highest BCUT2D eigenvalue weighted by Gasteiger charge is 2.30. The Hall–Kier alpha value is -3.72. The molecule has 0 aliphatic heterocycles. The van der Waals surface area contributed by atoms with Crippen LogP contribution in [-0.4, -0.2) is 25.9 Å². The highest BCUT2D eigenvalue weighted by atomic mass is 35.5. The smallest absolute Gasteiger partial charge is 0.346 e. The molecule has 1 amide bonds. The molecule has 4 aromatic rings. The molecule has 2 heterocycles. The zero-order valence-electron chi connectivity index (χ0n) is 16.3. The Bertz CT molecular complexity index is 1240. The van der Waals surface area contributed by atoms with Crippen LogP contribution >= 0.6 is 11.6 Å². The van der Waals surface area contributed by atoms with Gasteiger partial charge in [-0.1, -0.05) is 28.9 Å². The lowest BCUT2D eigenvalue weighted by Gasteiger charge is -2.10. The molecule has 1 N–H and O–H groups in total. The summed E-state index contributed by atoms with van der Waals surface area (Å²) in [5.41, 5.74) is 1.14. The van der Waals surface area contributed by atoms with Gasteiger partial charge in [0.2, 0.25) is 0 Å². The number of alkyl halides is 3. The van der Waals surface area contributed by atoms with Gasteiger partial charge in [-0.15, -0.1) is 5.10 Å². The molecule has 0 atom stereocenters. The minimum Gasteiger partial charge on any atom is -0.346 e. The van der Waals surface area contributed by atoms with Crippen molar-refractivity contribution in [1.82, 2.24) is 25.3 Å². The summed E-state index contributed by atoms with van der Waals surface area (Å²) in [7, 11) is 0. The van der Waals surface area contributed by atoms with Crippen molar-refractivity contribution in [3.63, 3.8) is 0 Å². The predicted molar refractivity (Wildman–Crippen MR) is 112 cm³/mol. The van der Waals surface area contributed by atoms with Gasteiger partial charge in [-0.3, -0.25) is 9.78 Å². The number of halogens is 4. The molecule has 0 aliphatic rings. The lowest BCUT2D eigenvalue weighted by molar-refractivity contribution is -0.137. The SMILES string of the molecule is O=C(NCc1cccc(C(F)(F)F)c1)c1nnn(-c2ccc(Cl)cc2)c1-c1cccnc1. The van der Waals surface area contributed by atoms with Crippen LogP contribution in [0.4, 0.5) is 13.2 Å². The van der Waals surface area contributed by atoms with E-state index < -0.39 is 17.6 Å². The number of aromatic nitrogens is 4. The summed E-state index contributed by atoms with van der Waals surface area (Å²) in [4.78, 5) is 17.0. The first-order valence-corrected chi connectivity index (χ1v) is 9.77. The summed E-state index contributed by atoms with van der Waals surface area (Å²) >= 11 is 5.96. The highest BCUT2D eigenvalue weighted by Crippen LogP contribution is 2.30. The van der Waals surface area contributed by atoms with Crippen LogP contribution in [0.5, 0.6) is 0 Å². The lowest BCUT2D eigenvalue weighted by atomic mass is 10.1. The number of rotatable bonds is 5. The van der Waals surface area contributed by atoms with Crippen LogP contribution in [0, 0.1) is 0 Å². The third-order valence-corrected chi connectivity index (χ3v) is 4.85. The fourth-order valence-electron chi connectivity index (χ4n) is 3.08. The van der Waals surface area contributed by atoms with E-state index in [1.54, 1.807) is 48.8 Å². The molecule has 0 unspecified atom stereocenters. The maximum absolute atomic E-state index is 12.9. The second kappa shape index (κ2) is 8.80. The van der Waals surface area contributed by atoms with Crippen LogP contribution < -0.4 is 5.32 Å². The van der Waals surface area contributed by atoms with Gasteiger partial charge in [0, 0.05) is 29.5 Å². The van der Waals surface area contributed by atoms with Gasteiger partial charge in [0.05, 0.1) is 11.3 Å². The maximum Gasteiger partial charge on any atom is 0.416 e. The number of carbonyl (C=O) groups is 1. The van der Waals surface area contributed by atoms with Crippen molar-refractivity contribution < 1.29 is 18.0 Å². The van der Waals surface area contributed by atoms with E-state index in [4.69, 9.17) is 11.6 Å². The number of pyridine rings is 1. The molecule has 2 aromatic carbocycles. The van der Waals surface area contributed by atoms with Gasteiger partial charge >= 0.3 is 6.18 Å². The average Bonchev–Trinajstić information content (AvgIpc) is 3.23. The van der Waals surface area contributed by atoms with Crippen LogP contribution in [0.3, 0.4) is 0 Å². The predicted octanol–water partition coefficient (Wildman–Crippen LogP) is 4.93. The Balaban J connectivity index is 1.65. The van der Waals surface area contributed by atoms with Crippen molar-refractivity contribution in [2.24, 2.45) is 0 Å². The second-order valence-electron chi connectivity index (χ2n) is 6.80. The van der Waals surface area contributed by atoms with Crippen LogP contribution in [0.1, 0.15) is 21.6 Å². The van der Waals surface area contributed by atoms with Gasteiger partial charge in [0.25, 0.3) is 5.91 Å². The summed E-state index contributed by atoms with van der Waals surface area (Å²) in [6.07, 6.45) is -1.31. The molecular formula is C22H15ClF3N5O. The van der Waals surface area contributed by atoms with Crippen molar-refractivity contribution in [1.29, 1.82) is 0 Å². The number of amides is 1. The first kappa shape index (κ1) is 21.5. The molecule has 162 valence electrons. The topological polar surface area (TPSA) is 72.7 Å². The van der Waals surface area contributed by atoms with E-state index in [-0.39, 0.29) is 12.2 Å². The summed E-state index contributed by atoms with van der Waals surface area (Å²) < 4.78 is 40.3. The first-order chi connectivity index (χ1) is 15.3. The van der Waals surface area contributed by atoms with E-state index in [9.17, 15) is 18.0 Å². The molecule has 0 saturated carbocycles. The number of hydrogen-bond acceptors (Lipinski definition) is 4. The summed E-state index contributed by atoms with van der Waals surface area (Å²) in [6, 6.07) is 15.0. The molecule has 0 aliphatic carbocycles. The number of hydrogen-bond donors (Lipinski definition) is 1. The molecule has 10 heteroatoms. The van der Waals surface area contributed by atoms with Crippen molar-refractivity contribution in [2.45, 2.75) is 12.7 Å². The first-order valence-electron chi connectivity index (χ1n) is 9.39. The molecule has 0 spiro atoms. The Morgan fingerprint density at radius 1 is 1.06 bits per heavy atom. The van der Waals surface area contributed by atoms with E-state index in [2.05, 4.69) is 20.6 Å². The summed E-state index contributed by atoms with van der Waals surface area (Å²) in [5.74, 6) is -0.582. The normalized spacial score (nSPS) is 11.4. The van der Waals surface area contributed by atoms with E-state index in [0.717, 1.165) is 12.1 Å². The number of carbonyl (C=O) groups excluding carboxylic acids is 1. The lowest BCUT2D eigenvalue weighted by Crippen LogP contribution is -2.24. The second-order valence-corrected chi connectivity index (χ2v) is 7.23. The Kier molecular flexibility index (Phi) is 5.91. The van der Waals surface area contributed by atoms with Gasteiger partial charge in [0.1, 0.15) is 5.69 Å². The monoisotopic (exact) mass is 457 g/mol. The molecule has 6 nitrogen and oxygen atoms in total. The zero-order chi connectivity index (χ0) is 22.7. The van der Waals surface area contributed by atoms with Crippen LogP contribution in [-0.2, 0) is 12.7 Å². The van der Waals surface area contributed by atoms with Gasteiger partial charge in [0.15, 0.2) is 5.69 Å². The van der Waals surface area contributed by atoms with Crippen LogP contribution in [0.2, 0.25) is 5.02 Å². The minimum absolute atomic E-state index is 0.0138. The molecule has 2 aromatic heterocycles. The van der Waals surface area contributed by atoms with Crippen molar-refractivity contribution in [2.75, 3.05) is 0 Å². The quantitative estimate of drug-likeness (QED) is 0.461. The molecule has 0 bridgehead atoms. The van der Waals surface area contributed by atoms with E-state index in [1.165, 1.54) is 16.8 Å². The number of nitrogens with one attached hydrogen (secondary N) is 1. The van der Waals surface area contributed by atoms with Crippen molar-refractivity contribution in [3.8, 4) is 16.9 Å². The van der Waals surface area contributed by atoms with Gasteiger partial charge in [-0.2, -0.15) is 13.2 Å². The zero-order valence-corrected chi connectivity index (χ0v) is 17.1. The molecule has 0 fully saturated rings. The van der Waals surface area contributed by atoms with E-state index in [0.29, 0.717) is 27.5 Å². The van der Waals surface area contributed by atoms with E-state index in [1.807, 2.05) is 0 Å². The van der Waals surface area contributed by atoms with Gasteiger partial charge in [-0.25, -0.2) is 4.68 Å². The molecule has 0 saturated heterocycles. The standard InChI is InChI=1S/C22H15ClF3N5O/c23-17-6-8-18(9-7-17)31-20(15-4-2-10-27-13-15)19(29-30-31)21(32)28-12-14-3-1-5-16(11-14)22(24,25)26/h1-11,13H,12H2,(H,28,32). The number of benzene rings is 2. The van der Waals surface area contributed by atoms with Crippen LogP contribution in [0.15, 0.2) is 73.1 Å².